The number of rotatable bonds is 6. The molecule has 6 heteroatoms. The highest BCUT2D eigenvalue weighted by molar-refractivity contribution is 5.76. The monoisotopic (exact) mass is 298 g/mol. The van der Waals surface area contributed by atoms with Gasteiger partial charge in [0.15, 0.2) is 0 Å². The van der Waals surface area contributed by atoms with Gasteiger partial charge in [-0.05, 0) is 32.1 Å². The van der Waals surface area contributed by atoms with Crippen molar-refractivity contribution in [2.24, 2.45) is 5.92 Å². The molecule has 1 heterocycles. The van der Waals surface area contributed by atoms with E-state index in [1.54, 1.807) is 0 Å². The van der Waals surface area contributed by atoms with Crippen LogP contribution in [0, 0.1) is 5.92 Å². The van der Waals surface area contributed by atoms with Gasteiger partial charge >= 0.3 is 5.97 Å². The lowest BCUT2D eigenvalue weighted by Crippen LogP contribution is -2.40. The summed E-state index contributed by atoms with van der Waals surface area (Å²) in [6.45, 7) is 5.62. The number of carboxylic acids is 1. The van der Waals surface area contributed by atoms with Crippen LogP contribution in [0.1, 0.15) is 32.6 Å². The molecule has 1 saturated carbocycles. The molecular weight excluding hydrogens is 272 g/mol. The molecule has 0 bridgehead atoms. The van der Waals surface area contributed by atoms with Crippen LogP contribution in [-0.2, 0) is 14.3 Å². The minimum absolute atomic E-state index is 0.0701. The summed E-state index contributed by atoms with van der Waals surface area (Å²) in [4.78, 5) is 26.8. The zero-order chi connectivity index (χ0) is 15.2. The summed E-state index contributed by atoms with van der Waals surface area (Å²) >= 11 is 0. The summed E-state index contributed by atoms with van der Waals surface area (Å²) in [6, 6.07) is 0. The van der Waals surface area contributed by atoms with Crippen molar-refractivity contribution in [1.82, 2.24) is 9.80 Å². The molecule has 0 aromatic heterocycles. The number of carbonyl (C=O) groups is 2. The Morgan fingerprint density at radius 1 is 1.19 bits per heavy atom. The number of aliphatic carboxylic acids is 1. The lowest BCUT2D eigenvalue weighted by molar-refractivity contribution is -0.138. The van der Waals surface area contributed by atoms with Gasteiger partial charge in [-0.3, -0.25) is 14.5 Å². The molecule has 0 atom stereocenters. The summed E-state index contributed by atoms with van der Waals surface area (Å²) < 4.78 is 5.52. The number of hydrogen-bond donors (Lipinski definition) is 1. The summed E-state index contributed by atoms with van der Waals surface area (Å²) in [6.07, 6.45) is 3.81. The number of carboxylic acid groups (broad SMARTS) is 1. The second kappa shape index (κ2) is 7.75. The number of hydrogen-bond acceptors (Lipinski definition) is 4. The standard InChI is InChI=1S/C15H26N2O4/c1-2-21-13-8-12(9-13)10-14(18)17-5-3-4-16(6-7-17)11-15(19)20/h12-13H,2-11H2,1H3,(H,19,20). The van der Waals surface area contributed by atoms with Crippen LogP contribution in [0.4, 0.5) is 0 Å². The van der Waals surface area contributed by atoms with Crippen LogP contribution in [0.2, 0.25) is 0 Å². The Bertz CT molecular complexity index is 369. The summed E-state index contributed by atoms with van der Waals surface area (Å²) in [5, 5.41) is 8.83. The Morgan fingerprint density at radius 2 is 1.95 bits per heavy atom. The first kappa shape index (κ1) is 16.2. The lowest BCUT2D eigenvalue weighted by Gasteiger charge is -2.35. The summed E-state index contributed by atoms with van der Waals surface area (Å²) in [5.74, 6) is -0.120. The highest BCUT2D eigenvalue weighted by Gasteiger charge is 2.32. The molecule has 6 nitrogen and oxygen atoms in total. The van der Waals surface area contributed by atoms with Crippen LogP contribution in [-0.4, -0.2) is 72.2 Å². The molecule has 0 aromatic carbocycles. The molecule has 2 rings (SSSR count). The topological polar surface area (TPSA) is 70.1 Å². The van der Waals surface area contributed by atoms with Crippen molar-refractivity contribution in [3.05, 3.63) is 0 Å². The molecule has 1 aliphatic carbocycles. The van der Waals surface area contributed by atoms with E-state index in [2.05, 4.69) is 0 Å². The maximum Gasteiger partial charge on any atom is 0.317 e. The number of amides is 1. The fourth-order valence-corrected chi connectivity index (χ4v) is 3.16. The van der Waals surface area contributed by atoms with Crippen molar-refractivity contribution < 1.29 is 19.4 Å². The molecule has 2 aliphatic rings. The Balaban J connectivity index is 1.70. The minimum Gasteiger partial charge on any atom is -0.480 e. The number of nitrogens with zero attached hydrogens (tertiary/aromatic N) is 2. The van der Waals surface area contributed by atoms with Gasteiger partial charge in [-0.25, -0.2) is 0 Å². The number of carbonyl (C=O) groups excluding carboxylic acids is 1. The van der Waals surface area contributed by atoms with E-state index in [0.717, 1.165) is 39.0 Å². The Labute approximate surface area is 126 Å². The zero-order valence-electron chi connectivity index (χ0n) is 12.8. The molecule has 0 spiro atoms. The van der Waals surface area contributed by atoms with E-state index in [1.165, 1.54) is 0 Å². The van der Waals surface area contributed by atoms with Crippen LogP contribution in [0.3, 0.4) is 0 Å². The maximum absolute atomic E-state index is 12.3. The van der Waals surface area contributed by atoms with Gasteiger partial charge in [0.2, 0.25) is 5.91 Å². The summed E-state index contributed by atoms with van der Waals surface area (Å²) in [5.41, 5.74) is 0. The number of ether oxygens (including phenoxy) is 1. The smallest absolute Gasteiger partial charge is 0.317 e. The third-order valence-corrected chi connectivity index (χ3v) is 4.36. The normalized spacial score (nSPS) is 27.0. The van der Waals surface area contributed by atoms with Gasteiger partial charge < -0.3 is 14.7 Å². The van der Waals surface area contributed by atoms with E-state index in [0.29, 0.717) is 31.5 Å². The third kappa shape index (κ3) is 4.97. The van der Waals surface area contributed by atoms with Crippen molar-refractivity contribution in [3.63, 3.8) is 0 Å². The largest absolute Gasteiger partial charge is 0.480 e. The van der Waals surface area contributed by atoms with Crippen LogP contribution in [0.15, 0.2) is 0 Å². The first-order valence-electron chi connectivity index (χ1n) is 7.92. The predicted octanol–water partition coefficient (Wildman–Crippen LogP) is 0.811. The Kier molecular flexibility index (Phi) is 5.99. The minimum atomic E-state index is -0.800. The average molecular weight is 298 g/mol. The van der Waals surface area contributed by atoms with Gasteiger partial charge in [-0.1, -0.05) is 0 Å². The van der Waals surface area contributed by atoms with E-state index >= 15 is 0 Å². The average Bonchev–Trinajstić information content (AvgIpc) is 2.61. The van der Waals surface area contributed by atoms with E-state index < -0.39 is 5.97 Å². The SMILES string of the molecule is CCOC1CC(CC(=O)N2CCCN(CC(=O)O)CC2)C1. The molecule has 1 aliphatic heterocycles. The Morgan fingerprint density at radius 3 is 2.62 bits per heavy atom. The van der Waals surface area contributed by atoms with Crippen LogP contribution in [0.25, 0.3) is 0 Å². The van der Waals surface area contributed by atoms with E-state index in [1.807, 2.05) is 16.7 Å². The first-order chi connectivity index (χ1) is 10.1. The fraction of sp³-hybridized carbons (Fsp3) is 0.867. The van der Waals surface area contributed by atoms with Crippen LogP contribution < -0.4 is 0 Å². The van der Waals surface area contributed by atoms with Gasteiger partial charge in [-0.15, -0.1) is 0 Å². The molecule has 1 amide bonds. The van der Waals surface area contributed by atoms with Crippen LogP contribution in [0.5, 0.6) is 0 Å². The first-order valence-corrected chi connectivity index (χ1v) is 7.92. The van der Waals surface area contributed by atoms with E-state index in [4.69, 9.17) is 9.84 Å². The second-order valence-corrected chi connectivity index (χ2v) is 6.02. The molecule has 0 radical (unpaired) electrons. The molecule has 1 N–H and O–H groups in total. The highest BCUT2D eigenvalue weighted by Crippen LogP contribution is 2.33. The molecule has 21 heavy (non-hydrogen) atoms. The lowest BCUT2D eigenvalue weighted by atomic mass is 9.79. The maximum atomic E-state index is 12.3. The molecular formula is C15H26N2O4. The van der Waals surface area contributed by atoms with Gasteiger partial charge in [0.05, 0.1) is 12.6 Å². The van der Waals surface area contributed by atoms with Crippen molar-refractivity contribution in [2.45, 2.75) is 38.7 Å². The predicted molar refractivity (Wildman–Crippen MR) is 78.0 cm³/mol. The third-order valence-electron chi connectivity index (χ3n) is 4.36. The van der Waals surface area contributed by atoms with E-state index in [-0.39, 0.29) is 12.5 Å². The van der Waals surface area contributed by atoms with Crippen LogP contribution >= 0.6 is 0 Å². The highest BCUT2D eigenvalue weighted by atomic mass is 16.5. The van der Waals surface area contributed by atoms with Gasteiger partial charge in [0.1, 0.15) is 0 Å². The van der Waals surface area contributed by atoms with Gasteiger partial charge in [-0.2, -0.15) is 0 Å². The Hall–Kier alpha value is -1.14. The molecule has 0 aromatic rings. The quantitative estimate of drug-likeness (QED) is 0.786. The van der Waals surface area contributed by atoms with Crippen molar-refractivity contribution in [2.75, 3.05) is 39.3 Å². The van der Waals surface area contributed by atoms with Crippen molar-refractivity contribution in [1.29, 1.82) is 0 Å². The fourth-order valence-electron chi connectivity index (χ4n) is 3.16. The van der Waals surface area contributed by atoms with Gasteiger partial charge in [0, 0.05) is 39.2 Å². The zero-order valence-corrected chi connectivity index (χ0v) is 12.8. The molecule has 2 fully saturated rings. The van der Waals surface area contributed by atoms with Crippen molar-refractivity contribution in [3.8, 4) is 0 Å². The second-order valence-electron chi connectivity index (χ2n) is 6.02. The van der Waals surface area contributed by atoms with Gasteiger partial charge in [0.25, 0.3) is 0 Å². The summed E-state index contributed by atoms with van der Waals surface area (Å²) in [7, 11) is 0. The molecule has 120 valence electrons. The molecule has 1 saturated heterocycles. The van der Waals surface area contributed by atoms with Crippen molar-refractivity contribution >= 4 is 11.9 Å². The van der Waals surface area contributed by atoms with E-state index in [9.17, 15) is 9.59 Å². The molecule has 0 unspecified atom stereocenters.